The Bertz CT molecular complexity index is 903. The van der Waals surface area contributed by atoms with E-state index in [2.05, 4.69) is 16.0 Å². The molecule has 7 nitrogen and oxygen atoms in total. The highest BCUT2D eigenvalue weighted by Crippen LogP contribution is 2.19. The van der Waals surface area contributed by atoms with E-state index < -0.39 is 11.9 Å². The van der Waals surface area contributed by atoms with Crippen LogP contribution in [-0.4, -0.2) is 36.9 Å². The molecule has 31 heavy (non-hydrogen) atoms. The molecule has 0 saturated heterocycles. The molecule has 3 amide bonds. The quantitative estimate of drug-likeness (QED) is 0.575. The highest BCUT2D eigenvalue weighted by atomic mass is 16.5. The minimum Gasteiger partial charge on any atom is -0.494 e. The van der Waals surface area contributed by atoms with E-state index in [4.69, 9.17) is 4.74 Å². The van der Waals surface area contributed by atoms with Gasteiger partial charge in [0.05, 0.1) is 13.2 Å². The van der Waals surface area contributed by atoms with Gasteiger partial charge in [0.2, 0.25) is 11.8 Å². The molecule has 7 heteroatoms. The van der Waals surface area contributed by atoms with Crippen molar-refractivity contribution in [2.45, 2.75) is 40.7 Å². The molecule has 1 atom stereocenters. The molecule has 0 aliphatic rings. The topological polar surface area (TPSA) is 96.5 Å². The van der Waals surface area contributed by atoms with Crippen LogP contribution in [0.4, 0.5) is 5.69 Å². The lowest BCUT2D eigenvalue weighted by Gasteiger charge is -2.22. The Balaban J connectivity index is 1.95. The van der Waals surface area contributed by atoms with Crippen molar-refractivity contribution in [3.63, 3.8) is 0 Å². The maximum atomic E-state index is 12.7. The number of rotatable bonds is 9. The van der Waals surface area contributed by atoms with E-state index in [1.54, 1.807) is 24.3 Å². The second kappa shape index (κ2) is 11.2. The normalized spacial score (nSPS) is 11.5. The van der Waals surface area contributed by atoms with Crippen LogP contribution in [0.2, 0.25) is 0 Å². The molecular weight excluding hydrogens is 394 g/mol. The minimum absolute atomic E-state index is 0.159. The second-order valence-corrected chi connectivity index (χ2v) is 7.69. The van der Waals surface area contributed by atoms with E-state index in [0.29, 0.717) is 17.9 Å². The predicted molar refractivity (Wildman–Crippen MR) is 121 cm³/mol. The first-order chi connectivity index (χ1) is 14.7. The molecule has 2 aromatic carbocycles. The number of carbonyl (C=O) groups is 3. The van der Waals surface area contributed by atoms with Crippen LogP contribution in [0.5, 0.6) is 5.75 Å². The zero-order valence-electron chi connectivity index (χ0n) is 18.7. The minimum atomic E-state index is -0.771. The van der Waals surface area contributed by atoms with Crippen LogP contribution in [-0.2, 0) is 9.59 Å². The van der Waals surface area contributed by atoms with Crippen molar-refractivity contribution in [1.29, 1.82) is 0 Å². The Labute approximate surface area is 183 Å². The molecule has 0 radical (unpaired) electrons. The molecule has 0 heterocycles. The average molecular weight is 426 g/mol. The largest absolute Gasteiger partial charge is 0.494 e. The van der Waals surface area contributed by atoms with E-state index in [0.717, 1.165) is 16.8 Å². The van der Waals surface area contributed by atoms with Crippen molar-refractivity contribution < 1.29 is 19.1 Å². The first kappa shape index (κ1) is 23.9. The van der Waals surface area contributed by atoms with E-state index in [1.165, 1.54) is 0 Å². The third kappa shape index (κ3) is 6.84. The molecular formula is C24H31N3O4. The Kier molecular flexibility index (Phi) is 8.61. The Morgan fingerprint density at radius 2 is 1.58 bits per heavy atom. The fourth-order valence-corrected chi connectivity index (χ4v) is 3.10. The van der Waals surface area contributed by atoms with Crippen molar-refractivity contribution in [2.75, 3.05) is 18.5 Å². The fourth-order valence-electron chi connectivity index (χ4n) is 3.10. The molecule has 0 unspecified atom stereocenters. The number of amides is 3. The first-order valence-electron chi connectivity index (χ1n) is 10.4. The van der Waals surface area contributed by atoms with E-state index in [9.17, 15) is 14.4 Å². The number of hydrogen-bond acceptors (Lipinski definition) is 4. The summed E-state index contributed by atoms with van der Waals surface area (Å²) in [6, 6.07) is 11.7. The van der Waals surface area contributed by atoms with Gasteiger partial charge in [0.25, 0.3) is 5.91 Å². The summed E-state index contributed by atoms with van der Waals surface area (Å²) >= 11 is 0. The van der Waals surface area contributed by atoms with Gasteiger partial charge in [-0.05, 0) is 62.1 Å². The van der Waals surface area contributed by atoms with Crippen LogP contribution in [0.1, 0.15) is 42.3 Å². The number of hydrogen-bond donors (Lipinski definition) is 3. The number of anilines is 1. The zero-order valence-corrected chi connectivity index (χ0v) is 18.7. The van der Waals surface area contributed by atoms with Gasteiger partial charge in [0.1, 0.15) is 11.8 Å². The molecule has 0 spiro atoms. The van der Waals surface area contributed by atoms with Crippen LogP contribution in [0.15, 0.2) is 42.5 Å². The maximum absolute atomic E-state index is 12.7. The van der Waals surface area contributed by atoms with Crippen molar-refractivity contribution in [3.05, 3.63) is 59.2 Å². The summed E-state index contributed by atoms with van der Waals surface area (Å²) in [5.74, 6) is -0.589. The molecule has 3 N–H and O–H groups in total. The smallest absolute Gasteiger partial charge is 0.251 e. The lowest BCUT2D eigenvalue weighted by Crippen LogP contribution is -2.51. The zero-order chi connectivity index (χ0) is 23.0. The molecule has 0 aromatic heterocycles. The highest BCUT2D eigenvalue weighted by molar-refractivity contribution is 5.99. The van der Waals surface area contributed by atoms with Crippen LogP contribution in [0.3, 0.4) is 0 Å². The summed E-state index contributed by atoms with van der Waals surface area (Å²) < 4.78 is 5.38. The Hall–Kier alpha value is -3.35. The van der Waals surface area contributed by atoms with Gasteiger partial charge < -0.3 is 20.7 Å². The van der Waals surface area contributed by atoms with Gasteiger partial charge in [-0.1, -0.05) is 32.0 Å². The standard InChI is InChI=1S/C24H31N3O4/c1-6-31-19-12-10-18(11-13-19)23(29)27-21(15(2)3)24(30)25-14-20(28)26-22-16(4)8-7-9-17(22)5/h7-13,15,21H,6,14H2,1-5H3,(H,25,30)(H,26,28)(H,27,29)/t21-/m1/s1. The lowest BCUT2D eigenvalue weighted by molar-refractivity contribution is -0.126. The van der Waals surface area contributed by atoms with Crippen LogP contribution in [0, 0.1) is 19.8 Å². The van der Waals surface area contributed by atoms with E-state index >= 15 is 0 Å². The summed E-state index contributed by atoms with van der Waals surface area (Å²) in [6.07, 6.45) is 0. The lowest BCUT2D eigenvalue weighted by atomic mass is 10.0. The van der Waals surface area contributed by atoms with E-state index in [-0.39, 0.29) is 24.3 Å². The fraction of sp³-hybridized carbons (Fsp3) is 0.375. The van der Waals surface area contributed by atoms with Gasteiger partial charge in [-0.3, -0.25) is 14.4 Å². The highest BCUT2D eigenvalue weighted by Gasteiger charge is 2.25. The molecule has 0 bridgehead atoms. The summed E-state index contributed by atoms with van der Waals surface area (Å²) in [4.78, 5) is 37.5. The first-order valence-corrected chi connectivity index (χ1v) is 10.4. The molecule has 2 rings (SSSR count). The van der Waals surface area contributed by atoms with Gasteiger partial charge >= 0.3 is 0 Å². The van der Waals surface area contributed by atoms with Crippen LogP contribution >= 0.6 is 0 Å². The number of aryl methyl sites for hydroxylation is 2. The van der Waals surface area contributed by atoms with Gasteiger partial charge in [0.15, 0.2) is 0 Å². The number of nitrogens with one attached hydrogen (secondary N) is 3. The maximum Gasteiger partial charge on any atom is 0.251 e. The molecule has 0 aliphatic heterocycles. The van der Waals surface area contributed by atoms with Crippen molar-refractivity contribution in [3.8, 4) is 5.75 Å². The third-order valence-electron chi connectivity index (χ3n) is 4.83. The average Bonchev–Trinajstić information content (AvgIpc) is 2.73. The van der Waals surface area contributed by atoms with Gasteiger partial charge in [-0.2, -0.15) is 0 Å². The Morgan fingerprint density at radius 1 is 0.968 bits per heavy atom. The SMILES string of the molecule is CCOc1ccc(C(=O)N[C@@H](C(=O)NCC(=O)Nc2c(C)cccc2C)C(C)C)cc1. The Morgan fingerprint density at radius 3 is 2.13 bits per heavy atom. The molecule has 0 fully saturated rings. The van der Waals surface area contributed by atoms with Crippen molar-refractivity contribution in [1.82, 2.24) is 10.6 Å². The number of ether oxygens (including phenoxy) is 1. The summed E-state index contributed by atoms with van der Waals surface area (Å²) in [6.45, 7) is 9.72. The number of para-hydroxylation sites is 1. The van der Waals surface area contributed by atoms with Crippen molar-refractivity contribution >= 4 is 23.4 Å². The van der Waals surface area contributed by atoms with E-state index in [1.807, 2.05) is 52.8 Å². The number of carbonyl (C=O) groups excluding carboxylic acids is 3. The monoisotopic (exact) mass is 425 g/mol. The molecule has 166 valence electrons. The van der Waals surface area contributed by atoms with Crippen molar-refractivity contribution in [2.24, 2.45) is 5.92 Å². The van der Waals surface area contributed by atoms with Gasteiger partial charge in [-0.15, -0.1) is 0 Å². The van der Waals surface area contributed by atoms with Gasteiger partial charge in [0, 0.05) is 11.3 Å². The molecule has 0 aliphatic carbocycles. The second-order valence-electron chi connectivity index (χ2n) is 7.69. The summed E-state index contributed by atoms with van der Waals surface area (Å²) in [7, 11) is 0. The predicted octanol–water partition coefficient (Wildman–Crippen LogP) is 3.21. The van der Waals surface area contributed by atoms with Crippen LogP contribution < -0.4 is 20.7 Å². The van der Waals surface area contributed by atoms with Gasteiger partial charge in [-0.25, -0.2) is 0 Å². The third-order valence-corrected chi connectivity index (χ3v) is 4.83. The van der Waals surface area contributed by atoms with Crippen LogP contribution in [0.25, 0.3) is 0 Å². The summed E-state index contributed by atoms with van der Waals surface area (Å²) in [5.41, 5.74) is 3.06. The summed E-state index contributed by atoms with van der Waals surface area (Å²) in [5, 5.41) is 8.20. The molecule has 2 aromatic rings. The number of benzene rings is 2. The molecule has 0 saturated carbocycles.